The maximum absolute atomic E-state index is 13.4. The smallest absolute Gasteiger partial charge is 0.260 e. The zero-order valence-corrected chi connectivity index (χ0v) is 19.8. The summed E-state index contributed by atoms with van der Waals surface area (Å²) < 4.78 is 43.8. The summed E-state index contributed by atoms with van der Waals surface area (Å²) in [6, 6.07) is 10.3. The Morgan fingerprint density at radius 2 is 1.88 bits per heavy atom. The van der Waals surface area contributed by atoms with Crippen LogP contribution in [-0.2, 0) is 14.6 Å². The van der Waals surface area contributed by atoms with E-state index in [0.29, 0.717) is 47.2 Å². The molecule has 0 aliphatic carbocycles. The van der Waals surface area contributed by atoms with Crippen molar-refractivity contribution in [3.05, 3.63) is 53.8 Å². The minimum atomic E-state index is -3.47. The number of hydrogen-bond acceptors (Lipinski definition) is 7. The number of hydrogen-bond donors (Lipinski definition) is 0. The number of fused-ring (bicyclic) bond motifs is 1. The lowest BCUT2D eigenvalue weighted by Gasteiger charge is -2.29. The lowest BCUT2D eigenvalue weighted by Crippen LogP contribution is -2.43. The Morgan fingerprint density at radius 3 is 2.53 bits per heavy atom. The Morgan fingerprint density at radius 1 is 1.19 bits per heavy atom. The third-order valence-electron chi connectivity index (χ3n) is 5.08. The number of carbonyl (C=O) groups is 1. The van der Waals surface area contributed by atoms with Crippen molar-refractivity contribution < 1.29 is 22.3 Å². The van der Waals surface area contributed by atoms with Crippen molar-refractivity contribution in [3.63, 3.8) is 0 Å². The third kappa shape index (κ3) is 5.44. The number of sulfone groups is 1. The number of carbonyl (C=O) groups excluding carboxylic acids is 1. The highest BCUT2D eigenvalue weighted by Gasteiger charge is 2.24. The van der Waals surface area contributed by atoms with Gasteiger partial charge in [0, 0.05) is 38.0 Å². The molecule has 32 heavy (non-hydrogen) atoms. The van der Waals surface area contributed by atoms with Gasteiger partial charge in [0.1, 0.15) is 11.3 Å². The molecule has 0 atom stereocenters. The molecule has 0 bridgehead atoms. The number of rotatable bonds is 6. The molecule has 11 heteroatoms. The monoisotopic (exact) mass is 499 g/mol. The molecule has 7 nitrogen and oxygen atoms in total. The summed E-state index contributed by atoms with van der Waals surface area (Å²) in [6.45, 7) is 3.82. The van der Waals surface area contributed by atoms with Gasteiger partial charge in [-0.1, -0.05) is 17.4 Å². The molecule has 0 radical (unpaired) electrons. The molecule has 172 valence electrons. The van der Waals surface area contributed by atoms with Crippen molar-refractivity contribution in [1.82, 2.24) is 9.88 Å². The second-order valence-corrected chi connectivity index (χ2v) is 10.3. The van der Waals surface area contributed by atoms with Crippen LogP contribution in [0.3, 0.4) is 0 Å². The molecule has 0 saturated carbocycles. The number of ether oxygens (including phenoxy) is 1. The molecule has 1 aliphatic rings. The van der Waals surface area contributed by atoms with Gasteiger partial charge in [0.25, 0.3) is 5.91 Å². The zero-order chi connectivity index (χ0) is 22.0. The molecule has 3 aromatic rings. The molecular weight excluding hydrogens is 477 g/mol. The highest BCUT2D eigenvalue weighted by atomic mass is 35.5. The lowest BCUT2D eigenvalue weighted by atomic mass is 10.2. The van der Waals surface area contributed by atoms with E-state index in [9.17, 15) is 17.6 Å². The molecule has 1 aliphatic heterocycles. The van der Waals surface area contributed by atoms with Gasteiger partial charge >= 0.3 is 0 Å². The SMILES string of the molecule is CS(=O)(=O)c1cccc2sc(N(CCN3CCOCC3)C(=O)c3ccc(F)cc3)nc12.Cl. The van der Waals surface area contributed by atoms with E-state index in [1.54, 1.807) is 17.0 Å². The quantitative estimate of drug-likeness (QED) is 0.518. The van der Waals surface area contributed by atoms with Gasteiger partial charge in [0.2, 0.25) is 0 Å². The summed E-state index contributed by atoms with van der Waals surface area (Å²) in [4.78, 5) is 21.7. The van der Waals surface area contributed by atoms with Gasteiger partial charge in [-0.25, -0.2) is 17.8 Å². The zero-order valence-electron chi connectivity index (χ0n) is 17.4. The summed E-state index contributed by atoms with van der Waals surface area (Å²) >= 11 is 1.26. The van der Waals surface area contributed by atoms with E-state index in [2.05, 4.69) is 9.88 Å². The first-order valence-corrected chi connectivity index (χ1v) is 12.5. The molecule has 2 heterocycles. The molecule has 1 fully saturated rings. The van der Waals surface area contributed by atoms with Gasteiger partial charge < -0.3 is 4.74 Å². The van der Waals surface area contributed by atoms with Gasteiger partial charge in [0.05, 0.1) is 22.8 Å². The van der Waals surface area contributed by atoms with Crippen LogP contribution in [0, 0.1) is 5.82 Å². The number of halogens is 2. The number of anilines is 1. The molecule has 1 saturated heterocycles. The van der Waals surface area contributed by atoms with Crippen LogP contribution in [0.4, 0.5) is 9.52 Å². The van der Waals surface area contributed by atoms with Crippen LogP contribution in [0.15, 0.2) is 47.4 Å². The van der Waals surface area contributed by atoms with Crippen LogP contribution in [-0.4, -0.2) is 69.9 Å². The van der Waals surface area contributed by atoms with Crippen LogP contribution in [0.5, 0.6) is 0 Å². The van der Waals surface area contributed by atoms with Crippen LogP contribution in [0.25, 0.3) is 10.2 Å². The largest absolute Gasteiger partial charge is 0.379 e. The van der Waals surface area contributed by atoms with Crippen molar-refractivity contribution in [1.29, 1.82) is 0 Å². The molecule has 0 spiro atoms. The fourth-order valence-electron chi connectivity index (χ4n) is 3.42. The standard InChI is InChI=1S/C21H22FN3O4S2.ClH/c1-31(27,28)18-4-2-3-17-19(18)23-21(30-17)25(10-9-24-11-13-29-14-12-24)20(26)15-5-7-16(22)8-6-15;/h2-8H,9-14H2,1H3;1H. The fourth-order valence-corrected chi connectivity index (χ4v) is 5.34. The van der Waals surface area contributed by atoms with Crippen molar-refractivity contribution in [2.75, 3.05) is 50.5 Å². The second kappa shape index (κ2) is 10.2. The molecule has 1 aromatic heterocycles. The molecule has 0 unspecified atom stereocenters. The highest BCUT2D eigenvalue weighted by Crippen LogP contribution is 2.33. The topological polar surface area (TPSA) is 79.8 Å². The first kappa shape index (κ1) is 24.5. The van der Waals surface area contributed by atoms with Gasteiger partial charge in [-0.15, -0.1) is 12.4 Å². The lowest BCUT2D eigenvalue weighted by molar-refractivity contribution is 0.0391. The van der Waals surface area contributed by atoms with Crippen molar-refractivity contribution in [2.45, 2.75) is 4.90 Å². The number of thiazole rings is 1. The van der Waals surface area contributed by atoms with E-state index < -0.39 is 15.7 Å². The minimum Gasteiger partial charge on any atom is -0.379 e. The number of benzene rings is 2. The van der Waals surface area contributed by atoms with Crippen LogP contribution < -0.4 is 4.90 Å². The fraction of sp³-hybridized carbons (Fsp3) is 0.333. The normalized spacial score (nSPS) is 14.8. The Hall–Kier alpha value is -2.11. The van der Waals surface area contributed by atoms with E-state index in [4.69, 9.17) is 4.74 Å². The van der Waals surface area contributed by atoms with Crippen LogP contribution in [0.2, 0.25) is 0 Å². The summed E-state index contributed by atoms with van der Waals surface area (Å²) in [5.41, 5.74) is 0.694. The summed E-state index contributed by atoms with van der Waals surface area (Å²) in [5, 5.41) is 0.411. The van der Waals surface area contributed by atoms with Crippen molar-refractivity contribution in [3.8, 4) is 0 Å². The highest BCUT2D eigenvalue weighted by molar-refractivity contribution is 7.91. The average Bonchev–Trinajstić information content (AvgIpc) is 3.18. The van der Waals surface area contributed by atoms with Gasteiger partial charge in [-0.3, -0.25) is 14.6 Å². The molecule has 1 amide bonds. The predicted octanol–water partition coefficient (Wildman–Crippen LogP) is 3.24. The number of amides is 1. The molecule has 4 rings (SSSR count). The first-order valence-electron chi connectivity index (χ1n) is 9.80. The molecule has 0 N–H and O–H groups in total. The van der Waals surface area contributed by atoms with Crippen LogP contribution >= 0.6 is 23.7 Å². The van der Waals surface area contributed by atoms with E-state index in [1.165, 1.54) is 41.7 Å². The Kier molecular flexibility index (Phi) is 7.84. The van der Waals surface area contributed by atoms with Gasteiger partial charge in [0.15, 0.2) is 15.0 Å². The maximum Gasteiger partial charge on any atom is 0.260 e. The number of aromatic nitrogens is 1. The summed E-state index contributed by atoms with van der Waals surface area (Å²) in [7, 11) is -3.47. The number of nitrogens with zero attached hydrogens (tertiary/aromatic N) is 3. The van der Waals surface area contributed by atoms with Gasteiger partial charge in [-0.2, -0.15) is 0 Å². The van der Waals surface area contributed by atoms with Crippen LogP contribution in [0.1, 0.15) is 10.4 Å². The van der Waals surface area contributed by atoms with E-state index in [1.807, 2.05) is 0 Å². The Labute approximate surface area is 196 Å². The van der Waals surface area contributed by atoms with E-state index in [0.717, 1.165) is 19.3 Å². The summed E-state index contributed by atoms with van der Waals surface area (Å²) in [6.07, 6.45) is 1.14. The predicted molar refractivity (Wildman–Crippen MR) is 125 cm³/mol. The second-order valence-electron chi connectivity index (χ2n) is 7.29. The van der Waals surface area contributed by atoms with E-state index in [-0.39, 0.29) is 23.2 Å². The molecule has 2 aromatic carbocycles. The first-order chi connectivity index (χ1) is 14.8. The number of morpholine rings is 1. The maximum atomic E-state index is 13.4. The Balaban J connectivity index is 0.00000289. The van der Waals surface area contributed by atoms with E-state index >= 15 is 0 Å². The third-order valence-corrected chi connectivity index (χ3v) is 7.25. The molecular formula is C21H23ClFN3O4S2. The van der Waals surface area contributed by atoms with Crippen molar-refractivity contribution in [2.24, 2.45) is 0 Å². The average molecular weight is 500 g/mol. The minimum absolute atomic E-state index is 0. The van der Waals surface area contributed by atoms with Crippen molar-refractivity contribution >= 4 is 54.8 Å². The van der Waals surface area contributed by atoms with Gasteiger partial charge in [-0.05, 0) is 36.4 Å². The Bertz CT molecular complexity index is 1200. The summed E-state index contributed by atoms with van der Waals surface area (Å²) in [5.74, 6) is -0.734. The number of para-hydroxylation sites is 1.